The highest BCUT2D eigenvalue weighted by Crippen LogP contribution is 2.35. The Bertz CT molecular complexity index is 853. The van der Waals surface area contributed by atoms with Gasteiger partial charge in [0, 0.05) is 24.7 Å². The lowest BCUT2D eigenvalue weighted by Crippen LogP contribution is -2.38. The zero-order valence-electron chi connectivity index (χ0n) is 16.6. The number of methoxy groups -OCH3 is 1. The van der Waals surface area contributed by atoms with Gasteiger partial charge in [-0.05, 0) is 48.7 Å². The van der Waals surface area contributed by atoms with E-state index in [9.17, 15) is 4.79 Å². The monoisotopic (exact) mass is 415 g/mol. The number of nitrogens with one attached hydrogen (secondary N) is 1. The summed E-state index contributed by atoms with van der Waals surface area (Å²) in [6, 6.07) is 13.6. The van der Waals surface area contributed by atoms with Gasteiger partial charge in [-0.15, -0.1) is 0 Å². The van der Waals surface area contributed by atoms with Crippen molar-refractivity contribution in [3.8, 4) is 5.75 Å². The van der Waals surface area contributed by atoms with Gasteiger partial charge < -0.3 is 24.6 Å². The minimum Gasteiger partial charge on any atom is -0.497 e. The Balaban J connectivity index is 1.53. The molecule has 0 spiro atoms. The van der Waals surface area contributed by atoms with E-state index in [1.54, 1.807) is 7.11 Å². The molecule has 2 heterocycles. The van der Waals surface area contributed by atoms with Gasteiger partial charge in [0.25, 0.3) is 0 Å². The third kappa shape index (κ3) is 4.43. The van der Waals surface area contributed by atoms with Crippen LogP contribution in [0, 0.1) is 0 Å². The Hall–Kier alpha value is -2.44. The van der Waals surface area contributed by atoms with E-state index in [2.05, 4.69) is 10.2 Å². The van der Waals surface area contributed by atoms with E-state index in [0.29, 0.717) is 18.2 Å². The Labute approximate surface area is 176 Å². The molecule has 2 aliphatic heterocycles. The van der Waals surface area contributed by atoms with Crippen LogP contribution in [0.3, 0.4) is 0 Å². The van der Waals surface area contributed by atoms with Crippen LogP contribution < -0.4 is 15.0 Å². The third-order valence-electron chi connectivity index (χ3n) is 5.57. The molecule has 0 bridgehead atoms. The molecular formula is C22H26ClN3O3. The number of carbonyl (C=O) groups excluding carboxylic acids is 1. The first kappa shape index (κ1) is 19.9. The highest BCUT2D eigenvalue weighted by molar-refractivity contribution is 6.31. The van der Waals surface area contributed by atoms with Crippen LogP contribution in [0.2, 0.25) is 5.02 Å². The molecule has 7 heteroatoms. The molecule has 0 saturated carbocycles. The number of hydrogen-bond donors (Lipinski definition) is 1. The normalized spacial score (nSPS) is 19.3. The molecule has 2 aromatic rings. The van der Waals surface area contributed by atoms with Crippen LogP contribution >= 0.6 is 11.6 Å². The number of benzene rings is 2. The molecule has 2 aliphatic rings. The quantitative estimate of drug-likeness (QED) is 0.795. The summed E-state index contributed by atoms with van der Waals surface area (Å²) in [5, 5.41) is 3.71. The SMILES string of the molecule is COc1ccc([C@H]2CCCN2C(=O)Nc2cc(Cl)ccc2N2CCOCC2)cc1. The molecule has 0 unspecified atom stereocenters. The van der Waals surface area contributed by atoms with E-state index in [4.69, 9.17) is 21.1 Å². The van der Waals surface area contributed by atoms with E-state index < -0.39 is 0 Å². The molecule has 4 rings (SSSR count). The Kier molecular flexibility index (Phi) is 6.11. The van der Waals surface area contributed by atoms with Crippen molar-refractivity contribution in [3.05, 3.63) is 53.1 Å². The van der Waals surface area contributed by atoms with E-state index >= 15 is 0 Å². The van der Waals surface area contributed by atoms with Crippen molar-refractivity contribution in [2.24, 2.45) is 0 Å². The number of hydrogen-bond acceptors (Lipinski definition) is 4. The number of morpholine rings is 1. The first-order valence-corrected chi connectivity index (χ1v) is 10.4. The molecule has 29 heavy (non-hydrogen) atoms. The molecule has 0 aromatic heterocycles. The number of carbonyl (C=O) groups is 1. The zero-order valence-corrected chi connectivity index (χ0v) is 17.3. The van der Waals surface area contributed by atoms with Crippen LogP contribution in [0.4, 0.5) is 16.2 Å². The van der Waals surface area contributed by atoms with Crippen molar-refractivity contribution in [2.75, 3.05) is 50.2 Å². The van der Waals surface area contributed by atoms with Gasteiger partial charge in [0.05, 0.1) is 37.7 Å². The second kappa shape index (κ2) is 8.93. The van der Waals surface area contributed by atoms with Gasteiger partial charge >= 0.3 is 6.03 Å². The summed E-state index contributed by atoms with van der Waals surface area (Å²) < 4.78 is 10.7. The Morgan fingerprint density at radius 2 is 1.90 bits per heavy atom. The number of amides is 2. The van der Waals surface area contributed by atoms with Gasteiger partial charge in [-0.25, -0.2) is 4.79 Å². The maximum absolute atomic E-state index is 13.2. The molecule has 1 N–H and O–H groups in total. The fourth-order valence-electron chi connectivity index (χ4n) is 4.06. The van der Waals surface area contributed by atoms with Crippen LogP contribution in [0.15, 0.2) is 42.5 Å². The molecule has 1 atom stereocenters. The summed E-state index contributed by atoms with van der Waals surface area (Å²) in [6.45, 7) is 3.69. The largest absolute Gasteiger partial charge is 0.497 e. The molecule has 0 radical (unpaired) electrons. The van der Waals surface area contributed by atoms with Gasteiger partial charge in [-0.1, -0.05) is 23.7 Å². The van der Waals surface area contributed by atoms with Crippen molar-refractivity contribution in [1.82, 2.24) is 4.90 Å². The number of nitrogens with zero attached hydrogens (tertiary/aromatic N) is 2. The number of anilines is 2. The van der Waals surface area contributed by atoms with Crippen molar-refractivity contribution < 1.29 is 14.3 Å². The fraction of sp³-hybridized carbons (Fsp3) is 0.409. The van der Waals surface area contributed by atoms with Crippen LogP contribution in [-0.2, 0) is 4.74 Å². The summed E-state index contributed by atoms with van der Waals surface area (Å²) in [7, 11) is 1.65. The molecule has 2 aromatic carbocycles. The smallest absolute Gasteiger partial charge is 0.322 e. The van der Waals surface area contributed by atoms with E-state index in [0.717, 1.165) is 55.2 Å². The van der Waals surface area contributed by atoms with Crippen LogP contribution in [-0.4, -0.2) is 50.9 Å². The topological polar surface area (TPSA) is 54.0 Å². The molecule has 154 valence electrons. The number of rotatable bonds is 4. The Morgan fingerprint density at radius 3 is 2.62 bits per heavy atom. The van der Waals surface area contributed by atoms with Gasteiger partial charge in [0.1, 0.15) is 5.75 Å². The molecular weight excluding hydrogens is 390 g/mol. The fourth-order valence-corrected chi connectivity index (χ4v) is 4.23. The summed E-state index contributed by atoms with van der Waals surface area (Å²) in [5.41, 5.74) is 2.84. The standard InChI is InChI=1S/C22H26ClN3O3/c1-28-18-7-4-16(5-8-18)20-3-2-10-26(20)22(27)24-19-15-17(23)6-9-21(19)25-11-13-29-14-12-25/h4-9,15,20H,2-3,10-14H2,1H3,(H,24,27)/t20-/m1/s1. The maximum Gasteiger partial charge on any atom is 0.322 e. The van der Waals surface area contributed by atoms with Crippen molar-refractivity contribution >= 4 is 29.0 Å². The first-order valence-electron chi connectivity index (χ1n) is 9.99. The summed E-state index contributed by atoms with van der Waals surface area (Å²) in [5.74, 6) is 0.817. The summed E-state index contributed by atoms with van der Waals surface area (Å²) in [4.78, 5) is 17.3. The van der Waals surface area contributed by atoms with E-state index in [-0.39, 0.29) is 12.1 Å². The second-order valence-electron chi connectivity index (χ2n) is 7.32. The predicted octanol–water partition coefficient (Wildman–Crippen LogP) is 4.55. The number of ether oxygens (including phenoxy) is 2. The predicted molar refractivity (Wildman–Crippen MR) is 115 cm³/mol. The average molecular weight is 416 g/mol. The molecule has 2 saturated heterocycles. The average Bonchev–Trinajstić information content (AvgIpc) is 3.25. The Morgan fingerprint density at radius 1 is 1.14 bits per heavy atom. The molecule has 2 amide bonds. The zero-order chi connectivity index (χ0) is 20.2. The van der Waals surface area contributed by atoms with Gasteiger partial charge in [0.15, 0.2) is 0 Å². The lowest BCUT2D eigenvalue weighted by Gasteiger charge is -2.31. The van der Waals surface area contributed by atoms with Gasteiger partial charge in [-0.2, -0.15) is 0 Å². The van der Waals surface area contributed by atoms with E-state index in [1.807, 2.05) is 47.4 Å². The van der Waals surface area contributed by atoms with Gasteiger partial charge in [0.2, 0.25) is 0 Å². The highest BCUT2D eigenvalue weighted by atomic mass is 35.5. The van der Waals surface area contributed by atoms with Crippen molar-refractivity contribution in [2.45, 2.75) is 18.9 Å². The highest BCUT2D eigenvalue weighted by Gasteiger charge is 2.30. The van der Waals surface area contributed by atoms with Crippen molar-refractivity contribution in [3.63, 3.8) is 0 Å². The van der Waals surface area contributed by atoms with E-state index in [1.165, 1.54) is 0 Å². The minimum absolute atomic E-state index is 0.0620. The van der Waals surface area contributed by atoms with Crippen LogP contribution in [0.5, 0.6) is 5.75 Å². The molecule has 6 nitrogen and oxygen atoms in total. The van der Waals surface area contributed by atoms with Crippen molar-refractivity contribution in [1.29, 1.82) is 0 Å². The summed E-state index contributed by atoms with van der Waals surface area (Å²) in [6.07, 6.45) is 1.93. The maximum atomic E-state index is 13.2. The second-order valence-corrected chi connectivity index (χ2v) is 7.75. The van der Waals surface area contributed by atoms with Crippen LogP contribution in [0.25, 0.3) is 0 Å². The van der Waals surface area contributed by atoms with Gasteiger partial charge in [-0.3, -0.25) is 0 Å². The van der Waals surface area contributed by atoms with Crippen LogP contribution in [0.1, 0.15) is 24.4 Å². The minimum atomic E-state index is -0.0971. The lowest BCUT2D eigenvalue weighted by atomic mass is 10.0. The first-order chi connectivity index (χ1) is 14.2. The third-order valence-corrected chi connectivity index (χ3v) is 5.80. The lowest BCUT2D eigenvalue weighted by molar-refractivity contribution is 0.123. The number of urea groups is 1. The number of likely N-dealkylation sites (tertiary alicyclic amines) is 1. The summed E-state index contributed by atoms with van der Waals surface area (Å²) >= 11 is 6.23. The molecule has 2 fully saturated rings. The molecule has 0 aliphatic carbocycles. The number of halogens is 1.